The molecule has 1 aliphatic rings. The SMILES string of the molecule is Nc1nc(C2CC(F)(F)CN2c2ccccc2)cs1. The van der Waals surface area contributed by atoms with E-state index in [4.69, 9.17) is 5.73 Å². The van der Waals surface area contributed by atoms with E-state index < -0.39 is 12.0 Å². The molecule has 19 heavy (non-hydrogen) atoms. The van der Waals surface area contributed by atoms with Crippen LogP contribution in [0.4, 0.5) is 19.6 Å². The molecule has 3 rings (SSSR count). The van der Waals surface area contributed by atoms with Gasteiger partial charge in [-0.25, -0.2) is 13.8 Å². The van der Waals surface area contributed by atoms with Crippen LogP contribution in [0.25, 0.3) is 0 Å². The van der Waals surface area contributed by atoms with Gasteiger partial charge in [-0.15, -0.1) is 11.3 Å². The second-order valence-electron chi connectivity index (χ2n) is 4.65. The monoisotopic (exact) mass is 281 g/mol. The molecule has 6 heteroatoms. The maximum Gasteiger partial charge on any atom is 0.267 e. The second-order valence-corrected chi connectivity index (χ2v) is 5.54. The number of hydrogen-bond acceptors (Lipinski definition) is 4. The molecule has 0 saturated carbocycles. The summed E-state index contributed by atoms with van der Waals surface area (Å²) in [5.41, 5.74) is 7.02. The Morgan fingerprint density at radius 3 is 2.68 bits per heavy atom. The Balaban J connectivity index is 1.97. The Labute approximate surface area is 113 Å². The standard InChI is InChI=1S/C13H13F2N3S/c14-13(15)6-11(10-7-19-12(16)17-10)18(8-13)9-4-2-1-3-5-9/h1-5,7,11H,6,8H2,(H2,16,17). The average molecular weight is 281 g/mol. The number of halogens is 2. The van der Waals surface area contributed by atoms with E-state index in [9.17, 15) is 8.78 Å². The Hall–Kier alpha value is -1.69. The zero-order valence-corrected chi connectivity index (χ0v) is 10.9. The number of thiazole rings is 1. The third-order valence-corrected chi connectivity index (χ3v) is 3.93. The van der Waals surface area contributed by atoms with Crippen molar-refractivity contribution < 1.29 is 8.78 Å². The summed E-state index contributed by atoms with van der Waals surface area (Å²) >= 11 is 1.28. The molecular formula is C13H13F2N3S. The van der Waals surface area contributed by atoms with Gasteiger partial charge in [0, 0.05) is 17.5 Å². The predicted octanol–water partition coefficient (Wildman–Crippen LogP) is 3.31. The van der Waals surface area contributed by atoms with Crippen molar-refractivity contribution in [1.29, 1.82) is 0 Å². The molecule has 0 radical (unpaired) electrons. The van der Waals surface area contributed by atoms with Gasteiger partial charge < -0.3 is 10.6 Å². The molecule has 1 saturated heterocycles. The Bertz CT molecular complexity index is 570. The van der Waals surface area contributed by atoms with Crippen molar-refractivity contribution in [2.24, 2.45) is 0 Å². The zero-order valence-electron chi connectivity index (χ0n) is 10.1. The number of aromatic nitrogens is 1. The third kappa shape index (κ3) is 2.40. The number of nitrogen functional groups attached to an aromatic ring is 1. The summed E-state index contributed by atoms with van der Waals surface area (Å²) < 4.78 is 27.5. The molecule has 2 N–H and O–H groups in total. The fraction of sp³-hybridized carbons (Fsp3) is 0.308. The van der Waals surface area contributed by atoms with Crippen molar-refractivity contribution in [3.05, 3.63) is 41.4 Å². The number of rotatable bonds is 2. The largest absolute Gasteiger partial charge is 0.375 e. The molecular weight excluding hydrogens is 268 g/mol. The molecule has 0 aliphatic carbocycles. The van der Waals surface area contributed by atoms with Gasteiger partial charge >= 0.3 is 0 Å². The van der Waals surface area contributed by atoms with Crippen molar-refractivity contribution in [2.45, 2.75) is 18.4 Å². The van der Waals surface area contributed by atoms with Crippen molar-refractivity contribution in [2.75, 3.05) is 17.2 Å². The van der Waals surface area contributed by atoms with Crippen LogP contribution in [0.2, 0.25) is 0 Å². The number of nitrogens with zero attached hydrogens (tertiary/aromatic N) is 2. The van der Waals surface area contributed by atoms with Crippen molar-refractivity contribution in [3.8, 4) is 0 Å². The van der Waals surface area contributed by atoms with E-state index in [1.807, 2.05) is 30.3 Å². The minimum atomic E-state index is -2.70. The molecule has 2 aromatic rings. The first-order valence-corrected chi connectivity index (χ1v) is 6.83. The lowest BCUT2D eigenvalue weighted by atomic mass is 10.1. The lowest BCUT2D eigenvalue weighted by Crippen LogP contribution is -2.26. The molecule has 1 atom stereocenters. The Kier molecular flexibility index (Phi) is 2.89. The molecule has 2 heterocycles. The summed E-state index contributed by atoms with van der Waals surface area (Å²) in [6.45, 7) is -0.279. The summed E-state index contributed by atoms with van der Waals surface area (Å²) in [5, 5.41) is 2.18. The van der Waals surface area contributed by atoms with E-state index in [1.54, 1.807) is 10.3 Å². The van der Waals surface area contributed by atoms with Crippen LogP contribution in [-0.4, -0.2) is 17.5 Å². The molecule has 1 aromatic heterocycles. The number of hydrogen-bond donors (Lipinski definition) is 1. The summed E-state index contributed by atoms with van der Waals surface area (Å²) in [6, 6.07) is 8.82. The van der Waals surface area contributed by atoms with Gasteiger partial charge in [0.05, 0.1) is 18.3 Å². The van der Waals surface area contributed by atoms with Crippen molar-refractivity contribution in [1.82, 2.24) is 4.98 Å². The number of benzene rings is 1. The molecule has 0 spiro atoms. The number of para-hydroxylation sites is 1. The summed E-state index contributed by atoms with van der Waals surface area (Å²) in [7, 11) is 0. The highest BCUT2D eigenvalue weighted by atomic mass is 32.1. The Morgan fingerprint density at radius 1 is 1.32 bits per heavy atom. The zero-order chi connectivity index (χ0) is 13.5. The number of anilines is 2. The summed E-state index contributed by atoms with van der Waals surface area (Å²) in [4.78, 5) is 5.86. The lowest BCUT2D eigenvalue weighted by Gasteiger charge is -2.24. The Morgan fingerprint density at radius 2 is 2.05 bits per heavy atom. The van der Waals surface area contributed by atoms with Gasteiger partial charge in [0.15, 0.2) is 5.13 Å². The van der Waals surface area contributed by atoms with Gasteiger partial charge in [0.2, 0.25) is 0 Å². The van der Waals surface area contributed by atoms with Crippen LogP contribution in [-0.2, 0) is 0 Å². The van der Waals surface area contributed by atoms with E-state index in [-0.39, 0.29) is 13.0 Å². The summed E-state index contributed by atoms with van der Waals surface area (Å²) in [5.74, 6) is -2.70. The van der Waals surface area contributed by atoms with E-state index in [0.717, 1.165) is 5.69 Å². The highest BCUT2D eigenvalue weighted by molar-refractivity contribution is 7.13. The van der Waals surface area contributed by atoms with Crippen molar-refractivity contribution in [3.63, 3.8) is 0 Å². The molecule has 100 valence electrons. The topological polar surface area (TPSA) is 42.1 Å². The van der Waals surface area contributed by atoms with Crippen LogP contribution >= 0.6 is 11.3 Å². The first-order chi connectivity index (χ1) is 9.05. The normalized spacial score (nSPS) is 21.8. The average Bonchev–Trinajstić information content (AvgIpc) is 2.94. The fourth-order valence-electron chi connectivity index (χ4n) is 2.43. The van der Waals surface area contributed by atoms with E-state index in [2.05, 4.69) is 4.98 Å². The van der Waals surface area contributed by atoms with Crippen LogP contribution in [0.3, 0.4) is 0 Å². The highest BCUT2D eigenvalue weighted by Gasteiger charge is 2.46. The van der Waals surface area contributed by atoms with Gasteiger partial charge in [-0.1, -0.05) is 18.2 Å². The lowest BCUT2D eigenvalue weighted by molar-refractivity contribution is 0.0222. The molecule has 0 bridgehead atoms. The van der Waals surface area contributed by atoms with Crippen LogP contribution < -0.4 is 10.6 Å². The smallest absolute Gasteiger partial charge is 0.267 e. The predicted molar refractivity (Wildman–Crippen MR) is 72.6 cm³/mol. The molecule has 1 aliphatic heterocycles. The van der Waals surface area contributed by atoms with Crippen LogP contribution in [0, 0.1) is 0 Å². The molecule has 1 unspecified atom stereocenters. The fourth-order valence-corrected chi connectivity index (χ4v) is 3.04. The van der Waals surface area contributed by atoms with Crippen LogP contribution in [0.15, 0.2) is 35.7 Å². The molecule has 1 fully saturated rings. The van der Waals surface area contributed by atoms with E-state index in [1.165, 1.54) is 11.3 Å². The number of alkyl halides is 2. The molecule has 0 amide bonds. The molecule has 3 nitrogen and oxygen atoms in total. The van der Waals surface area contributed by atoms with E-state index >= 15 is 0 Å². The van der Waals surface area contributed by atoms with Gasteiger partial charge in [0.1, 0.15) is 0 Å². The van der Waals surface area contributed by atoms with Crippen LogP contribution in [0.5, 0.6) is 0 Å². The van der Waals surface area contributed by atoms with Gasteiger partial charge in [-0.2, -0.15) is 0 Å². The van der Waals surface area contributed by atoms with Crippen LogP contribution in [0.1, 0.15) is 18.2 Å². The van der Waals surface area contributed by atoms with Gasteiger partial charge in [-0.3, -0.25) is 0 Å². The molecule has 1 aromatic carbocycles. The van der Waals surface area contributed by atoms with Gasteiger partial charge in [0.25, 0.3) is 5.92 Å². The second kappa shape index (κ2) is 4.45. The van der Waals surface area contributed by atoms with E-state index in [0.29, 0.717) is 10.8 Å². The maximum absolute atomic E-state index is 13.7. The third-order valence-electron chi connectivity index (χ3n) is 3.24. The summed E-state index contributed by atoms with van der Waals surface area (Å²) in [6.07, 6.45) is -0.217. The maximum atomic E-state index is 13.7. The van der Waals surface area contributed by atoms with Crippen molar-refractivity contribution >= 4 is 22.2 Å². The van der Waals surface area contributed by atoms with Gasteiger partial charge in [-0.05, 0) is 12.1 Å². The highest BCUT2D eigenvalue weighted by Crippen LogP contribution is 2.43. The minimum Gasteiger partial charge on any atom is -0.375 e. The number of nitrogens with two attached hydrogens (primary N) is 1. The quantitative estimate of drug-likeness (QED) is 0.918. The minimum absolute atomic E-state index is 0.217. The first kappa shape index (κ1) is 12.3. The first-order valence-electron chi connectivity index (χ1n) is 5.96.